The van der Waals surface area contributed by atoms with Crippen LogP contribution in [-0.4, -0.2) is 29.9 Å². The van der Waals surface area contributed by atoms with Crippen molar-refractivity contribution in [2.45, 2.75) is 33.7 Å². The average molecular weight is 352 g/mol. The van der Waals surface area contributed by atoms with Crippen LogP contribution in [0.15, 0.2) is 36.7 Å². The monoisotopic (exact) mass is 352 g/mol. The van der Waals surface area contributed by atoms with Gasteiger partial charge in [0.1, 0.15) is 6.33 Å². The number of hydrogen-bond donors (Lipinski definition) is 1. The molecule has 4 rings (SSSR count). The number of rotatable bonds is 3. The molecule has 0 aliphatic carbocycles. The van der Waals surface area contributed by atoms with Crippen molar-refractivity contribution in [3.8, 4) is 22.4 Å². The zero-order chi connectivity index (χ0) is 17.6. The number of benzene rings is 1. The van der Waals surface area contributed by atoms with E-state index < -0.39 is 0 Å². The normalized spacial score (nSPS) is 13.4. The number of thiophene rings is 1. The average Bonchev–Trinajstić information content (AvgIpc) is 3.30. The Balaban J connectivity index is 1.90. The third-order valence-electron chi connectivity index (χ3n) is 4.52. The molecule has 1 atom stereocenters. The molecule has 3 heterocycles. The van der Waals surface area contributed by atoms with E-state index in [9.17, 15) is 0 Å². The summed E-state index contributed by atoms with van der Waals surface area (Å²) in [5.74, 6) is 2.03. The van der Waals surface area contributed by atoms with E-state index in [1.54, 1.807) is 11.3 Å². The highest BCUT2D eigenvalue weighted by molar-refractivity contribution is 7.22. The lowest BCUT2D eigenvalue weighted by Crippen LogP contribution is -2.23. The van der Waals surface area contributed by atoms with Crippen LogP contribution >= 0.6 is 11.3 Å². The summed E-state index contributed by atoms with van der Waals surface area (Å²) < 4.78 is 3.26. The zero-order valence-corrected chi connectivity index (χ0v) is 15.5. The van der Waals surface area contributed by atoms with E-state index in [4.69, 9.17) is 10.1 Å². The van der Waals surface area contributed by atoms with Crippen LogP contribution < -0.4 is 0 Å². The minimum atomic E-state index is 0.0534. The van der Waals surface area contributed by atoms with Gasteiger partial charge >= 0.3 is 0 Å². The maximum absolute atomic E-state index is 4.78. The van der Waals surface area contributed by atoms with Crippen LogP contribution in [0, 0.1) is 5.41 Å². The summed E-state index contributed by atoms with van der Waals surface area (Å²) in [7, 11) is 0. The van der Waals surface area contributed by atoms with Crippen molar-refractivity contribution >= 4 is 21.4 Å². The van der Waals surface area contributed by atoms with Gasteiger partial charge in [-0.2, -0.15) is 5.10 Å². The number of nitrogens with one attached hydrogen (secondary N) is 1. The first-order valence-corrected chi connectivity index (χ1v) is 9.06. The molecule has 0 spiro atoms. The van der Waals surface area contributed by atoms with Crippen LogP contribution in [0.3, 0.4) is 0 Å². The topological polar surface area (TPSA) is 72.3 Å². The van der Waals surface area contributed by atoms with Crippen LogP contribution in [0.25, 0.3) is 32.4 Å². The molecular weight excluding hydrogens is 332 g/mol. The quantitative estimate of drug-likeness (QED) is 0.587. The number of hydrogen-bond acceptors (Lipinski definition) is 5. The molecule has 0 aliphatic rings. The Morgan fingerprint density at radius 2 is 2.00 bits per heavy atom. The SMILES string of the molecule is CC(n1nc(-c2ncn[nH]2)nc1-c1cc2ccccc2s1)C(C)(C)C. The second kappa shape index (κ2) is 5.77. The Morgan fingerprint density at radius 3 is 2.68 bits per heavy atom. The summed E-state index contributed by atoms with van der Waals surface area (Å²) in [6, 6.07) is 10.7. The largest absolute Gasteiger partial charge is 0.257 e. The fraction of sp³-hybridized carbons (Fsp3) is 0.333. The summed E-state index contributed by atoms with van der Waals surface area (Å²) >= 11 is 1.73. The molecule has 0 bridgehead atoms. The predicted octanol–water partition coefficient (Wildman–Crippen LogP) is 4.55. The van der Waals surface area contributed by atoms with Crippen LogP contribution in [0.1, 0.15) is 33.7 Å². The van der Waals surface area contributed by atoms with Gasteiger partial charge in [-0.3, -0.25) is 5.10 Å². The van der Waals surface area contributed by atoms with Gasteiger partial charge in [-0.1, -0.05) is 39.0 Å². The van der Waals surface area contributed by atoms with E-state index in [1.165, 1.54) is 16.4 Å². The molecule has 1 N–H and O–H groups in total. The molecule has 1 unspecified atom stereocenters. The van der Waals surface area contributed by atoms with E-state index in [-0.39, 0.29) is 11.5 Å². The second-order valence-electron chi connectivity index (χ2n) is 7.23. The van der Waals surface area contributed by atoms with Gasteiger partial charge in [0, 0.05) is 4.70 Å². The Labute approximate surface area is 150 Å². The van der Waals surface area contributed by atoms with Gasteiger partial charge in [-0.05, 0) is 29.9 Å². The summed E-state index contributed by atoms with van der Waals surface area (Å²) in [4.78, 5) is 10.1. The second-order valence-corrected chi connectivity index (χ2v) is 8.31. The van der Waals surface area contributed by atoms with E-state index in [2.05, 4.69) is 73.2 Å². The van der Waals surface area contributed by atoms with Crippen LogP contribution in [0.5, 0.6) is 0 Å². The van der Waals surface area contributed by atoms with Crippen molar-refractivity contribution in [1.29, 1.82) is 0 Å². The standard InChI is InChI=1S/C18H20N6S/c1-11(18(2,3)4)24-17(21-16(23-24)15-19-10-20-22-15)14-9-12-7-5-6-8-13(12)25-14/h5-11H,1-4H3,(H,19,20,22). The van der Waals surface area contributed by atoms with Gasteiger partial charge < -0.3 is 0 Å². The van der Waals surface area contributed by atoms with E-state index >= 15 is 0 Å². The van der Waals surface area contributed by atoms with Crippen molar-refractivity contribution in [2.75, 3.05) is 0 Å². The first kappa shape index (κ1) is 16.0. The minimum absolute atomic E-state index is 0.0534. The predicted molar refractivity (Wildman–Crippen MR) is 100 cm³/mol. The molecule has 3 aromatic heterocycles. The van der Waals surface area contributed by atoms with E-state index in [0.717, 1.165) is 10.7 Å². The summed E-state index contributed by atoms with van der Waals surface area (Å²) in [5.41, 5.74) is 0.0534. The number of aromatic amines is 1. The Kier molecular flexibility index (Phi) is 3.68. The van der Waals surface area contributed by atoms with E-state index in [0.29, 0.717) is 11.6 Å². The number of fused-ring (bicyclic) bond motifs is 1. The molecule has 0 aliphatic heterocycles. The number of H-pyrrole nitrogens is 1. The third-order valence-corrected chi connectivity index (χ3v) is 5.64. The molecule has 4 aromatic rings. The molecule has 0 saturated heterocycles. The zero-order valence-electron chi connectivity index (χ0n) is 14.7. The van der Waals surface area contributed by atoms with Gasteiger partial charge in [-0.15, -0.1) is 16.4 Å². The fourth-order valence-electron chi connectivity index (χ4n) is 2.63. The molecule has 7 heteroatoms. The Hall–Kier alpha value is -2.54. The highest BCUT2D eigenvalue weighted by Gasteiger charge is 2.28. The molecule has 128 valence electrons. The first-order chi connectivity index (χ1) is 11.9. The van der Waals surface area contributed by atoms with Crippen molar-refractivity contribution in [2.24, 2.45) is 5.41 Å². The molecule has 0 amide bonds. The lowest BCUT2D eigenvalue weighted by atomic mass is 9.88. The Morgan fingerprint density at radius 1 is 1.20 bits per heavy atom. The molecule has 25 heavy (non-hydrogen) atoms. The van der Waals surface area contributed by atoms with Gasteiger partial charge in [-0.25, -0.2) is 14.6 Å². The Bertz CT molecular complexity index is 973. The summed E-state index contributed by atoms with van der Waals surface area (Å²) in [6.45, 7) is 8.81. The maximum atomic E-state index is 4.78. The molecule has 0 fully saturated rings. The summed E-state index contributed by atoms with van der Waals surface area (Å²) in [5, 5.41) is 12.7. The number of nitrogens with zero attached hydrogens (tertiary/aromatic N) is 5. The maximum Gasteiger partial charge on any atom is 0.219 e. The molecular formula is C18H20N6S. The highest BCUT2D eigenvalue weighted by atomic mass is 32.1. The molecule has 1 aromatic carbocycles. The molecule has 0 radical (unpaired) electrons. The lowest BCUT2D eigenvalue weighted by molar-refractivity contribution is 0.247. The first-order valence-electron chi connectivity index (χ1n) is 8.25. The van der Waals surface area contributed by atoms with Gasteiger partial charge in [0.2, 0.25) is 5.82 Å². The van der Waals surface area contributed by atoms with Crippen LogP contribution in [-0.2, 0) is 0 Å². The summed E-state index contributed by atoms with van der Waals surface area (Å²) in [6.07, 6.45) is 1.47. The lowest BCUT2D eigenvalue weighted by Gasteiger charge is -2.28. The van der Waals surface area contributed by atoms with Crippen molar-refractivity contribution in [3.05, 3.63) is 36.7 Å². The fourth-order valence-corrected chi connectivity index (χ4v) is 3.68. The van der Waals surface area contributed by atoms with Crippen LogP contribution in [0.2, 0.25) is 0 Å². The molecule has 6 nitrogen and oxygen atoms in total. The van der Waals surface area contributed by atoms with Crippen LogP contribution in [0.4, 0.5) is 0 Å². The minimum Gasteiger partial charge on any atom is -0.257 e. The molecule has 0 saturated carbocycles. The van der Waals surface area contributed by atoms with Gasteiger partial charge in [0.25, 0.3) is 0 Å². The van der Waals surface area contributed by atoms with Gasteiger partial charge in [0.15, 0.2) is 11.6 Å². The highest BCUT2D eigenvalue weighted by Crippen LogP contribution is 2.37. The third kappa shape index (κ3) is 2.84. The smallest absolute Gasteiger partial charge is 0.219 e. The van der Waals surface area contributed by atoms with Crippen molar-refractivity contribution in [1.82, 2.24) is 29.9 Å². The van der Waals surface area contributed by atoms with Crippen molar-refractivity contribution in [3.63, 3.8) is 0 Å². The van der Waals surface area contributed by atoms with Crippen molar-refractivity contribution < 1.29 is 0 Å². The van der Waals surface area contributed by atoms with Gasteiger partial charge in [0.05, 0.1) is 10.9 Å². The van der Waals surface area contributed by atoms with E-state index in [1.807, 2.05) is 4.68 Å². The number of aromatic nitrogens is 6.